The van der Waals surface area contributed by atoms with Crippen molar-refractivity contribution in [3.05, 3.63) is 42.0 Å². The van der Waals surface area contributed by atoms with Gasteiger partial charge in [0.25, 0.3) is 0 Å². The molecule has 70 valence electrons. The lowest BCUT2D eigenvalue weighted by atomic mass is 10.0. The van der Waals surface area contributed by atoms with Gasteiger partial charge in [0, 0.05) is 0 Å². The van der Waals surface area contributed by atoms with Crippen molar-refractivity contribution in [1.29, 1.82) is 0 Å². The summed E-state index contributed by atoms with van der Waals surface area (Å²) < 4.78 is 0. The predicted molar refractivity (Wildman–Crippen MR) is 59.6 cm³/mol. The van der Waals surface area contributed by atoms with E-state index in [-0.39, 0.29) is 0 Å². The smallest absolute Gasteiger partial charge is 0.0228 e. The Morgan fingerprint density at radius 2 is 1.85 bits per heavy atom. The van der Waals surface area contributed by atoms with E-state index in [0.717, 1.165) is 6.42 Å². The first kappa shape index (κ1) is 10.0. The highest BCUT2D eigenvalue weighted by Crippen LogP contribution is 2.19. The zero-order valence-corrected chi connectivity index (χ0v) is 8.59. The van der Waals surface area contributed by atoms with Crippen LogP contribution in [0.15, 0.2) is 36.4 Å². The molecule has 0 aromatic heterocycles. The summed E-state index contributed by atoms with van der Waals surface area (Å²) >= 11 is 0. The second-order valence-corrected chi connectivity index (χ2v) is 3.25. The largest absolute Gasteiger partial charge is 0.0810 e. The lowest BCUT2D eigenvalue weighted by Crippen LogP contribution is -1.83. The van der Waals surface area contributed by atoms with E-state index >= 15 is 0 Å². The highest BCUT2D eigenvalue weighted by Gasteiger charge is 1.97. The summed E-state index contributed by atoms with van der Waals surface area (Å²) in [5.41, 5.74) is 2.87. The Labute approximate surface area is 81.3 Å². The Bertz CT molecular complexity index is 257. The molecule has 0 fully saturated rings. The Balaban J connectivity index is 2.83. The third kappa shape index (κ3) is 3.06. The minimum absolute atomic E-state index is 1.13. The van der Waals surface area contributed by atoms with Crippen molar-refractivity contribution in [1.82, 2.24) is 0 Å². The van der Waals surface area contributed by atoms with E-state index in [0.29, 0.717) is 0 Å². The molecule has 0 heteroatoms. The standard InChI is InChI=1S/C13H18/c1-3-8-12(9-4-2)13-10-6-5-7-11-13/h5-8,10-11H,3-4,9H2,1-2H3/b12-8+. The Morgan fingerprint density at radius 3 is 2.38 bits per heavy atom. The minimum Gasteiger partial charge on any atom is -0.0810 e. The van der Waals surface area contributed by atoms with E-state index in [2.05, 4.69) is 50.3 Å². The van der Waals surface area contributed by atoms with Crippen LogP contribution in [0.2, 0.25) is 0 Å². The van der Waals surface area contributed by atoms with Crippen LogP contribution in [-0.4, -0.2) is 0 Å². The molecule has 0 heterocycles. The van der Waals surface area contributed by atoms with Crippen LogP contribution < -0.4 is 0 Å². The molecule has 0 saturated heterocycles. The molecular formula is C13H18. The molecule has 0 aliphatic rings. The van der Waals surface area contributed by atoms with Gasteiger partial charge in [0.15, 0.2) is 0 Å². The number of rotatable bonds is 4. The summed E-state index contributed by atoms with van der Waals surface area (Å²) in [7, 11) is 0. The van der Waals surface area contributed by atoms with Gasteiger partial charge in [0.2, 0.25) is 0 Å². The predicted octanol–water partition coefficient (Wildman–Crippen LogP) is 4.28. The number of allylic oxidation sites excluding steroid dienone is 2. The van der Waals surface area contributed by atoms with Gasteiger partial charge in [-0.15, -0.1) is 0 Å². The fraction of sp³-hybridized carbons (Fsp3) is 0.385. The normalized spacial score (nSPS) is 11.7. The topological polar surface area (TPSA) is 0 Å². The van der Waals surface area contributed by atoms with Crippen molar-refractivity contribution in [2.45, 2.75) is 33.1 Å². The van der Waals surface area contributed by atoms with Gasteiger partial charge in [-0.2, -0.15) is 0 Å². The van der Waals surface area contributed by atoms with Crippen molar-refractivity contribution in [2.24, 2.45) is 0 Å². The van der Waals surface area contributed by atoms with Crippen LogP contribution in [0.25, 0.3) is 5.57 Å². The molecular weight excluding hydrogens is 156 g/mol. The van der Waals surface area contributed by atoms with Crippen LogP contribution in [-0.2, 0) is 0 Å². The molecule has 0 aliphatic carbocycles. The van der Waals surface area contributed by atoms with Gasteiger partial charge in [-0.1, -0.05) is 56.7 Å². The average Bonchev–Trinajstić information content (AvgIpc) is 2.19. The summed E-state index contributed by atoms with van der Waals surface area (Å²) in [4.78, 5) is 0. The third-order valence-electron chi connectivity index (χ3n) is 2.11. The maximum atomic E-state index is 2.33. The summed E-state index contributed by atoms with van der Waals surface area (Å²) in [6.45, 7) is 4.42. The number of benzene rings is 1. The molecule has 0 N–H and O–H groups in total. The lowest BCUT2D eigenvalue weighted by Gasteiger charge is -2.05. The van der Waals surface area contributed by atoms with Gasteiger partial charge >= 0.3 is 0 Å². The third-order valence-corrected chi connectivity index (χ3v) is 2.11. The molecule has 0 spiro atoms. The molecule has 0 aliphatic heterocycles. The Morgan fingerprint density at radius 1 is 1.15 bits per heavy atom. The van der Waals surface area contributed by atoms with Crippen LogP contribution in [0, 0.1) is 0 Å². The van der Waals surface area contributed by atoms with E-state index < -0.39 is 0 Å². The molecule has 0 atom stereocenters. The maximum absolute atomic E-state index is 2.33. The van der Waals surface area contributed by atoms with Crippen LogP contribution in [0.5, 0.6) is 0 Å². The van der Waals surface area contributed by atoms with E-state index in [1.54, 1.807) is 0 Å². The van der Waals surface area contributed by atoms with Crippen molar-refractivity contribution in [2.75, 3.05) is 0 Å². The second-order valence-electron chi connectivity index (χ2n) is 3.25. The van der Waals surface area contributed by atoms with E-state index in [1.165, 1.54) is 24.0 Å². The highest BCUT2D eigenvalue weighted by molar-refractivity contribution is 5.65. The number of hydrogen-bond donors (Lipinski definition) is 0. The van der Waals surface area contributed by atoms with Gasteiger partial charge in [-0.05, 0) is 24.0 Å². The first-order valence-electron chi connectivity index (χ1n) is 5.13. The SMILES string of the molecule is CC/C=C(\CCC)c1ccccc1. The van der Waals surface area contributed by atoms with Gasteiger partial charge in [-0.25, -0.2) is 0 Å². The molecule has 0 nitrogen and oxygen atoms in total. The molecule has 0 radical (unpaired) electrons. The maximum Gasteiger partial charge on any atom is -0.0228 e. The molecule has 13 heavy (non-hydrogen) atoms. The zero-order valence-electron chi connectivity index (χ0n) is 8.59. The van der Waals surface area contributed by atoms with Crippen LogP contribution in [0.1, 0.15) is 38.7 Å². The molecule has 1 aromatic carbocycles. The molecule has 0 amide bonds. The summed E-state index contributed by atoms with van der Waals surface area (Å²) in [5.74, 6) is 0. The molecule has 1 aromatic rings. The van der Waals surface area contributed by atoms with Crippen LogP contribution in [0.4, 0.5) is 0 Å². The molecule has 0 saturated carbocycles. The van der Waals surface area contributed by atoms with E-state index in [4.69, 9.17) is 0 Å². The summed E-state index contributed by atoms with van der Waals surface area (Å²) in [6.07, 6.45) is 5.88. The second kappa shape index (κ2) is 5.58. The van der Waals surface area contributed by atoms with Crippen molar-refractivity contribution in [3.8, 4) is 0 Å². The monoisotopic (exact) mass is 174 g/mol. The van der Waals surface area contributed by atoms with E-state index in [1.807, 2.05) is 0 Å². The summed E-state index contributed by atoms with van der Waals surface area (Å²) in [6, 6.07) is 10.7. The summed E-state index contributed by atoms with van der Waals surface area (Å²) in [5, 5.41) is 0. The average molecular weight is 174 g/mol. The fourth-order valence-electron chi connectivity index (χ4n) is 1.53. The van der Waals surface area contributed by atoms with Gasteiger partial charge in [-0.3, -0.25) is 0 Å². The minimum atomic E-state index is 1.13. The Kier molecular flexibility index (Phi) is 4.31. The Hall–Kier alpha value is -1.04. The fourth-order valence-corrected chi connectivity index (χ4v) is 1.53. The van der Waals surface area contributed by atoms with Crippen LogP contribution >= 0.6 is 0 Å². The quantitative estimate of drug-likeness (QED) is 0.639. The molecule has 0 bridgehead atoms. The first-order chi connectivity index (χ1) is 6.38. The van der Waals surface area contributed by atoms with Gasteiger partial charge < -0.3 is 0 Å². The van der Waals surface area contributed by atoms with Crippen LogP contribution in [0.3, 0.4) is 0 Å². The van der Waals surface area contributed by atoms with Crippen molar-refractivity contribution in [3.63, 3.8) is 0 Å². The van der Waals surface area contributed by atoms with Gasteiger partial charge in [0.1, 0.15) is 0 Å². The zero-order chi connectivity index (χ0) is 9.52. The molecule has 1 rings (SSSR count). The van der Waals surface area contributed by atoms with Crippen molar-refractivity contribution < 1.29 is 0 Å². The first-order valence-corrected chi connectivity index (χ1v) is 5.13. The lowest BCUT2D eigenvalue weighted by molar-refractivity contribution is 0.967. The highest BCUT2D eigenvalue weighted by atomic mass is 14.0. The van der Waals surface area contributed by atoms with Gasteiger partial charge in [0.05, 0.1) is 0 Å². The van der Waals surface area contributed by atoms with E-state index in [9.17, 15) is 0 Å². The molecule has 0 unspecified atom stereocenters. The van der Waals surface area contributed by atoms with Crippen molar-refractivity contribution >= 4 is 5.57 Å². The number of hydrogen-bond acceptors (Lipinski definition) is 0.